The number of carboxylic acid groups (broad SMARTS) is 1. The van der Waals surface area contributed by atoms with Crippen LogP contribution in [0.3, 0.4) is 0 Å². The van der Waals surface area contributed by atoms with E-state index in [0.29, 0.717) is 11.4 Å². The summed E-state index contributed by atoms with van der Waals surface area (Å²) in [6, 6.07) is 19.6. The van der Waals surface area contributed by atoms with Crippen molar-refractivity contribution in [2.24, 2.45) is 0 Å². The lowest BCUT2D eigenvalue weighted by molar-refractivity contribution is 0.0697. The standard InChI is InChI=1S/C21H19NO5S/c1-15-7-12-19(22-28(25,26)18-5-3-2-4-6-18)20(13-15)27-14-16-8-10-17(11-9-16)21(23)24/h2-13,22H,14H2,1H3,(H,23,24). The predicted molar refractivity (Wildman–Crippen MR) is 106 cm³/mol. The molecular formula is C21H19NO5S. The van der Waals surface area contributed by atoms with Gasteiger partial charge in [0.1, 0.15) is 12.4 Å². The fourth-order valence-corrected chi connectivity index (χ4v) is 3.63. The van der Waals surface area contributed by atoms with E-state index in [1.165, 1.54) is 24.3 Å². The van der Waals surface area contributed by atoms with E-state index in [1.807, 2.05) is 6.92 Å². The zero-order chi connectivity index (χ0) is 20.1. The second-order valence-corrected chi connectivity index (χ2v) is 7.89. The summed E-state index contributed by atoms with van der Waals surface area (Å²) in [5.74, 6) is -0.606. The summed E-state index contributed by atoms with van der Waals surface area (Å²) in [5.41, 5.74) is 2.20. The lowest BCUT2D eigenvalue weighted by atomic mass is 10.1. The Labute approximate surface area is 163 Å². The van der Waals surface area contributed by atoms with Crippen molar-refractivity contribution in [3.63, 3.8) is 0 Å². The van der Waals surface area contributed by atoms with Crippen molar-refractivity contribution >= 4 is 21.7 Å². The second kappa shape index (κ2) is 8.14. The molecule has 0 aliphatic carbocycles. The number of rotatable bonds is 7. The molecule has 0 atom stereocenters. The molecule has 0 heterocycles. The largest absolute Gasteiger partial charge is 0.487 e. The van der Waals surface area contributed by atoms with Crippen LogP contribution in [0.1, 0.15) is 21.5 Å². The summed E-state index contributed by atoms with van der Waals surface area (Å²) >= 11 is 0. The van der Waals surface area contributed by atoms with Gasteiger partial charge in [0.05, 0.1) is 16.1 Å². The van der Waals surface area contributed by atoms with Gasteiger partial charge in [-0.05, 0) is 54.4 Å². The SMILES string of the molecule is Cc1ccc(NS(=O)(=O)c2ccccc2)c(OCc2ccc(C(=O)O)cc2)c1. The van der Waals surface area contributed by atoms with Gasteiger partial charge in [-0.2, -0.15) is 0 Å². The maximum atomic E-state index is 12.6. The second-order valence-electron chi connectivity index (χ2n) is 6.21. The van der Waals surface area contributed by atoms with Crippen LogP contribution in [0.2, 0.25) is 0 Å². The van der Waals surface area contributed by atoms with Crippen molar-refractivity contribution in [1.29, 1.82) is 0 Å². The highest BCUT2D eigenvalue weighted by Gasteiger charge is 2.16. The molecule has 3 aromatic rings. The van der Waals surface area contributed by atoms with Crippen molar-refractivity contribution in [2.45, 2.75) is 18.4 Å². The molecule has 0 aromatic heterocycles. The number of sulfonamides is 1. The van der Waals surface area contributed by atoms with Gasteiger partial charge in [-0.15, -0.1) is 0 Å². The molecule has 0 saturated heterocycles. The van der Waals surface area contributed by atoms with Gasteiger partial charge in [0.25, 0.3) is 10.0 Å². The molecule has 144 valence electrons. The first-order chi connectivity index (χ1) is 13.3. The molecule has 2 N–H and O–H groups in total. The lowest BCUT2D eigenvalue weighted by Gasteiger charge is -2.15. The van der Waals surface area contributed by atoms with Crippen LogP contribution < -0.4 is 9.46 Å². The number of carboxylic acids is 1. The van der Waals surface area contributed by atoms with Crippen LogP contribution in [-0.2, 0) is 16.6 Å². The highest BCUT2D eigenvalue weighted by atomic mass is 32.2. The van der Waals surface area contributed by atoms with Crippen LogP contribution in [0.4, 0.5) is 5.69 Å². The minimum Gasteiger partial charge on any atom is -0.487 e. The van der Waals surface area contributed by atoms with Crippen molar-refractivity contribution in [3.05, 3.63) is 89.5 Å². The first-order valence-electron chi connectivity index (χ1n) is 8.49. The van der Waals surface area contributed by atoms with E-state index < -0.39 is 16.0 Å². The van der Waals surface area contributed by atoms with Gasteiger partial charge in [-0.1, -0.05) is 36.4 Å². The topological polar surface area (TPSA) is 92.7 Å². The van der Waals surface area contributed by atoms with Crippen molar-refractivity contribution in [3.8, 4) is 5.75 Å². The minimum atomic E-state index is -3.74. The first-order valence-corrected chi connectivity index (χ1v) is 9.97. The Bertz CT molecular complexity index is 1080. The third-order valence-electron chi connectivity index (χ3n) is 4.03. The molecule has 0 unspecified atom stereocenters. The summed E-state index contributed by atoms with van der Waals surface area (Å²) in [6.45, 7) is 2.05. The number of nitrogens with one attached hydrogen (secondary N) is 1. The van der Waals surface area contributed by atoms with E-state index in [2.05, 4.69) is 4.72 Å². The van der Waals surface area contributed by atoms with Crippen LogP contribution in [0.15, 0.2) is 77.7 Å². The number of hydrogen-bond donors (Lipinski definition) is 2. The van der Waals surface area contributed by atoms with E-state index in [4.69, 9.17) is 9.84 Å². The molecule has 6 nitrogen and oxygen atoms in total. The Morgan fingerprint density at radius 3 is 2.32 bits per heavy atom. The van der Waals surface area contributed by atoms with Crippen molar-refractivity contribution in [2.75, 3.05) is 4.72 Å². The number of carbonyl (C=O) groups is 1. The number of benzene rings is 3. The molecule has 28 heavy (non-hydrogen) atoms. The van der Waals surface area contributed by atoms with E-state index in [0.717, 1.165) is 11.1 Å². The molecule has 0 amide bonds. The maximum absolute atomic E-state index is 12.6. The molecule has 0 aliphatic heterocycles. The first kappa shape index (κ1) is 19.4. The molecule has 0 aliphatic rings. The van der Waals surface area contributed by atoms with E-state index in [-0.39, 0.29) is 17.1 Å². The smallest absolute Gasteiger partial charge is 0.335 e. The van der Waals surface area contributed by atoms with Gasteiger partial charge in [-0.25, -0.2) is 13.2 Å². The molecule has 0 bridgehead atoms. The van der Waals surface area contributed by atoms with Crippen LogP contribution >= 0.6 is 0 Å². The Morgan fingerprint density at radius 1 is 1.00 bits per heavy atom. The lowest BCUT2D eigenvalue weighted by Crippen LogP contribution is -2.14. The zero-order valence-electron chi connectivity index (χ0n) is 15.1. The average Bonchev–Trinajstić information content (AvgIpc) is 2.69. The number of aryl methyl sites for hydroxylation is 1. The highest BCUT2D eigenvalue weighted by Crippen LogP contribution is 2.29. The summed E-state index contributed by atoms with van der Waals surface area (Å²) < 4.78 is 33.6. The molecule has 0 radical (unpaired) electrons. The van der Waals surface area contributed by atoms with Gasteiger partial charge < -0.3 is 9.84 Å². The quantitative estimate of drug-likeness (QED) is 0.627. The van der Waals surface area contributed by atoms with E-state index in [9.17, 15) is 13.2 Å². The molecule has 0 fully saturated rings. The zero-order valence-corrected chi connectivity index (χ0v) is 15.9. The highest BCUT2D eigenvalue weighted by molar-refractivity contribution is 7.92. The van der Waals surface area contributed by atoms with Crippen LogP contribution in [0, 0.1) is 6.92 Å². The summed E-state index contributed by atoms with van der Waals surface area (Å²) in [7, 11) is -3.74. The van der Waals surface area contributed by atoms with Crippen molar-refractivity contribution < 1.29 is 23.1 Å². The fourth-order valence-electron chi connectivity index (χ4n) is 2.54. The molecule has 3 aromatic carbocycles. The number of anilines is 1. The van der Waals surface area contributed by atoms with Gasteiger partial charge in [0, 0.05) is 0 Å². The van der Waals surface area contributed by atoms with Gasteiger partial charge in [0.15, 0.2) is 0 Å². The Balaban J connectivity index is 1.80. The summed E-state index contributed by atoms with van der Waals surface area (Å²) in [5, 5.41) is 8.96. The number of ether oxygens (including phenoxy) is 1. The third-order valence-corrected chi connectivity index (χ3v) is 5.41. The Hall–Kier alpha value is -3.32. The van der Waals surface area contributed by atoms with Crippen molar-refractivity contribution in [1.82, 2.24) is 0 Å². The Morgan fingerprint density at radius 2 is 1.68 bits per heavy atom. The Kier molecular flexibility index (Phi) is 5.65. The predicted octanol–water partition coefficient (Wildman–Crippen LogP) is 4.07. The van der Waals surface area contributed by atoms with Gasteiger partial charge in [-0.3, -0.25) is 4.72 Å². The van der Waals surface area contributed by atoms with Crippen LogP contribution in [0.25, 0.3) is 0 Å². The summed E-state index contributed by atoms with van der Waals surface area (Å²) in [6.07, 6.45) is 0. The monoisotopic (exact) mass is 397 g/mol. The number of aromatic carboxylic acids is 1. The third kappa shape index (κ3) is 4.69. The minimum absolute atomic E-state index is 0.158. The van der Waals surface area contributed by atoms with Crippen LogP contribution in [-0.4, -0.2) is 19.5 Å². The normalized spacial score (nSPS) is 11.0. The maximum Gasteiger partial charge on any atom is 0.335 e. The number of hydrogen-bond acceptors (Lipinski definition) is 4. The van der Waals surface area contributed by atoms with Gasteiger partial charge >= 0.3 is 5.97 Å². The summed E-state index contributed by atoms with van der Waals surface area (Å²) in [4.78, 5) is 11.1. The molecule has 3 rings (SSSR count). The molecule has 0 saturated carbocycles. The van der Waals surface area contributed by atoms with E-state index in [1.54, 1.807) is 48.5 Å². The van der Waals surface area contributed by atoms with Crippen LogP contribution in [0.5, 0.6) is 5.75 Å². The molecular weight excluding hydrogens is 378 g/mol. The fraction of sp³-hybridized carbons (Fsp3) is 0.0952. The van der Waals surface area contributed by atoms with Gasteiger partial charge in [0.2, 0.25) is 0 Å². The molecule has 7 heteroatoms. The van der Waals surface area contributed by atoms with E-state index >= 15 is 0 Å². The molecule has 0 spiro atoms. The average molecular weight is 397 g/mol.